The third-order valence-corrected chi connectivity index (χ3v) is 20.7. The molecule has 13 rings (SSSR count). The summed E-state index contributed by atoms with van der Waals surface area (Å²) in [6.07, 6.45) is 3.24. The summed E-state index contributed by atoms with van der Waals surface area (Å²) in [6, 6.07) is 21.5. The molecule has 1 saturated heterocycles. The summed E-state index contributed by atoms with van der Waals surface area (Å²) in [5.74, 6) is -2.55. The quantitative estimate of drug-likeness (QED) is 0.0202. The molecule has 0 radical (unpaired) electrons. The molecule has 6 amide bonds. The zero-order valence-electron chi connectivity index (χ0n) is 54.7. The van der Waals surface area contributed by atoms with Crippen LogP contribution in [0.15, 0.2) is 91.1 Å². The van der Waals surface area contributed by atoms with Crippen molar-refractivity contribution in [1.29, 1.82) is 0 Å². The van der Waals surface area contributed by atoms with Crippen molar-refractivity contribution in [3.05, 3.63) is 125 Å². The molecule has 26 nitrogen and oxygen atoms in total. The molecule has 6 aromatic rings. The van der Waals surface area contributed by atoms with Gasteiger partial charge in [-0.25, -0.2) is 19.6 Å². The smallest absolute Gasteiger partial charge is 0.409 e. The van der Waals surface area contributed by atoms with E-state index in [-0.39, 0.29) is 103 Å². The number of unbranched alkanes of at least 4 members (excludes halogenated alkanes) is 2. The number of ether oxygens (including phenoxy) is 4. The van der Waals surface area contributed by atoms with Crippen LogP contribution in [0.5, 0.6) is 5.75 Å². The molecule has 6 heterocycles. The lowest BCUT2D eigenvalue weighted by molar-refractivity contribution is -0.277. The summed E-state index contributed by atoms with van der Waals surface area (Å²) < 4.78 is 27.3. The minimum absolute atomic E-state index is 0.0256. The standard InChI is InChI=1S/C70H82N10O16S/c1-41-46(44-17-19-53(75-58(44)63(90)91)78-26-23-43-11-10-12-45(47(43)31-78)62(89)76-65-74-48-13-7-8-14-52(48)97-65)30-72-80(41)40-69-35-67(2)34-68(3,36-69)38-70(37-67,39-69)94-28-27-77(4)66(92)93-33-42-16-18-50(95-64-61(88)60(87)59(86)51(32-81)96-64)49(29-42)73-55(83)22-24-71-54(82)15-6-5-9-25-79-56(84)20-21-57(79)85/h7-8,10-14,16-21,29-30,51,59-61,64,81,86-88H,5-6,9,15,22-28,31-40H2,1-4H3,(H,71,82)(H,73,83)(H,90,91)(H,74,76,89)/t51-,59?,60+,61-,64-,67?,68?,69?,70?/m1/s1. The maximum absolute atomic E-state index is 13.8. The van der Waals surface area contributed by atoms with E-state index >= 15 is 0 Å². The van der Waals surface area contributed by atoms with E-state index in [0.717, 1.165) is 70.5 Å². The Morgan fingerprint density at radius 3 is 2.35 bits per heavy atom. The molecule has 8 N–H and O–H groups in total. The van der Waals surface area contributed by atoms with Crippen LogP contribution in [0.25, 0.3) is 21.3 Å². The predicted molar refractivity (Wildman–Crippen MR) is 355 cm³/mol. The Kier molecular flexibility index (Phi) is 19.7. The molecule has 7 aliphatic rings. The number of amides is 6. The number of aromatic carboxylic acids is 1. The number of carboxylic acids is 1. The van der Waals surface area contributed by atoms with Gasteiger partial charge in [-0.05, 0) is 140 Å². The van der Waals surface area contributed by atoms with E-state index in [1.807, 2.05) is 65.0 Å². The number of thiazole rings is 1. The first-order valence-corrected chi connectivity index (χ1v) is 33.7. The van der Waals surface area contributed by atoms with E-state index < -0.39 is 60.9 Å². The average molecular weight is 1350 g/mol. The number of carboxylic acid groups (broad SMARTS) is 1. The normalized spacial score (nSPS) is 25.5. The predicted octanol–water partition coefficient (Wildman–Crippen LogP) is 6.89. The number of nitrogens with zero attached hydrogens (tertiary/aromatic N) is 7. The van der Waals surface area contributed by atoms with Crippen LogP contribution in [0, 0.1) is 23.2 Å². The van der Waals surface area contributed by atoms with Crippen molar-refractivity contribution in [2.75, 3.05) is 62.0 Å². The summed E-state index contributed by atoms with van der Waals surface area (Å²) >= 11 is 1.41. The molecule has 4 saturated carbocycles. The molecule has 7 atom stereocenters. The first kappa shape index (κ1) is 68.2. The van der Waals surface area contributed by atoms with Crippen molar-refractivity contribution in [1.82, 2.24) is 34.9 Å². The Morgan fingerprint density at radius 1 is 0.825 bits per heavy atom. The molecule has 0 spiro atoms. The van der Waals surface area contributed by atoms with Crippen LogP contribution in [-0.4, -0.2) is 179 Å². The minimum atomic E-state index is -1.76. The lowest BCUT2D eigenvalue weighted by Crippen LogP contribution is -2.64. The van der Waals surface area contributed by atoms with Gasteiger partial charge in [0.2, 0.25) is 18.1 Å². The molecule has 3 aromatic carbocycles. The van der Waals surface area contributed by atoms with Crippen LogP contribution >= 0.6 is 11.3 Å². The third kappa shape index (κ3) is 14.9. The van der Waals surface area contributed by atoms with Gasteiger partial charge in [0.1, 0.15) is 42.6 Å². The van der Waals surface area contributed by atoms with Crippen LogP contribution in [0.3, 0.4) is 0 Å². The van der Waals surface area contributed by atoms with E-state index in [9.17, 15) is 59.1 Å². The van der Waals surface area contributed by atoms with Gasteiger partial charge >= 0.3 is 12.1 Å². The van der Waals surface area contributed by atoms with Crippen molar-refractivity contribution in [2.45, 2.75) is 154 Å². The zero-order chi connectivity index (χ0) is 68.6. The van der Waals surface area contributed by atoms with E-state index in [4.69, 9.17) is 29.0 Å². The molecular weight excluding hydrogens is 1270 g/mol. The summed E-state index contributed by atoms with van der Waals surface area (Å²) in [4.78, 5) is 104. The highest BCUT2D eigenvalue weighted by atomic mass is 32.1. The van der Waals surface area contributed by atoms with Crippen LogP contribution in [-0.2, 0) is 59.5 Å². The van der Waals surface area contributed by atoms with Crippen molar-refractivity contribution in [3.63, 3.8) is 0 Å². The Morgan fingerprint density at radius 2 is 1.60 bits per heavy atom. The largest absolute Gasteiger partial charge is 0.476 e. The number of aliphatic hydroxyl groups excluding tert-OH is 4. The van der Waals surface area contributed by atoms with Crippen LogP contribution in [0.2, 0.25) is 0 Å². The van der Waals surface area contributed by atoms with Gasteiger partial charge in [-0.15, -0.1) is 0 Å². The number of rotatable bonds is 26. The molecule has 3 aliphatic heterocycles. The topological polar surface area (TPSA) is 347 Å². The number of imide groups is 1. The SMILES string of the molecule is Cc1c(-c2ccc(N3CCc4cccc(C(=O)Nc5nc6ccccc6s5)c4C3)nc2C(=O)O)cnn1CC12CC3(C)CC(C)(C1)CC(OCCN(C)C(=O)OCc1ccc(O[C@@H]4O[C@H](CO)C(O)[C@H](O)[C@H]4O)c(NC(=O)CCNC(=O)CCCCCN4C(=O)C=CC4=O)c1)(C3)C2. The van der Waals surface area contributed by atoms with Gasteiger partial charge in [-0.2, -0.15) is 5.10 Å². The Hall–Kier alpha value is -8.70. The number of hydrogen-bond acceptors (Lipinski definition) is 20. The number of aliphatic hydroxyl groups is 4. The molecule has 4 aliphatic carbocycles. The minimum Gasteiger partial charge on any atom is -0.476 e. The first-order chi connectivity index (χ1) is 46.4. The second kappa shape index (κ2) is 28.0. The fourth-order valence-electron chi connectivity index (χ4n) is 16.3. The highest BCUT2D eigenvalue weighted by Crippen LogP contribution is 2.72. The summed E-state index contributed by atoms with van der Waals surface area (Å²) in [5, 5.41) is 66.0. The van der Waals surface area contributed by atoms with Gasteiger partial charge in [0.05, 0.1) is 40.9 Å². The number of carbonyl (C=O) groups excluding carboxylic acids is 6. The number of anilines is 3. The van der Waals surface area contributed by atoms with E-state index in [1.165, 1.54) is 40.5 Å². The average Bonchev–Trinajstić information content (AvgIpc) is 1.15. The lowest BCUT2D eigenvalue weighted by atomic mass is 9.39. The number of likely N-dealkylation sites (N-methyl/N-ethyl adjacent to an activating group) is 1. The first-order valence-electron chi connectivity index (χ1n) is 32.9. The second-order valence-corrected chi connectivity index (χ2v) is 28.7. The molecule has 3 aromatic heterocycles. The van der Waals surface area contributed by atoms with E-state index in [0.29, 0.717) is 78.5 Å². The summed E-state index contributed by atoms with van der Waals surface area (Å²) in [6.45, 7) is 7.91. The maximum Gasteiger partial charge on any atom is 0.409 e. The van der Waals surface area contributed by atoms with Gasteiger partial charge in [0.15, 0.2) is 10.8 Å². The van der Waals surface area contributed by atoms with Gasteiger partial charge in [0.25, 0.3) is 17.7 Å². The maximum atomic E-state index is 13.8. The second-order valence-electron chi connectivity index (χ2n) is 27.7. The molecule has 514 valence electrons. The van der Waals surface area contributed by atoms with Gasteiger partial charge in [-0.3, -0.25) is 38.9 Å². The van der Waals surface area contributed by atoms with Crippen molar-refractivity contribution < 1.29 is 78.0 Å². The molecule has 97 heavy (non-hydrogen) atoms. The Labute approximate surface area is 563 Å². The Balaban J connectivity index is 0.659. The van der Waals surface area contributed by atoms with Crippen molar-refractivity contribution >= 4 is 79.8 Å². The highest BCUT2D eigenvalue weighted by molar-refractivity contribution is 7.22. The number of hydrogen-bond donors (Lipinski definition) is 8. The van der Waals surface area contributed by atoms with E-state index in [2.05, 4.69) is 34.8 Å². The number of benzene rings is 3. The van der Waals surface area contributed by atoms with Gasteiger partial charge in [0, 0.05) is 93.7 Å². The van der Waals surface area contributed by atoms with Crippen molar-refractivity contribution in [2.24, 2.45) is 16.2 Å². The fourth-order valence-corrected chi connectivity index (χ4v) is 17.2. The van der Waals surface area contributed by atoms with Gasteiger partial charge in [-0.1, -0.05) is 61.9 Å². The summed E-state index contributed by atoms with van der Waals surface area (Å²) in [5.41, 5.74) is 4.82. The van der Waals surface area contributed by atoms with Gasteiger partial charge < -0.3 is 64.9 Å². The number of carbonyl (C=O) groups is 7. The molecular formula is C70H82N10O16S. The molecule has 4 bridgehead atoms. The van der Waals surface area contributed by atoms with Crippen molar-refractivity contribution in [3.8, 4) is 16.9 Å². The van der Waals surface area contributed by atoms with Crippen LogP contribution < -0.4 is 25.6 Å². The number of fused-ring (bicyclic) bond motifs is 2. The lowest BCUT2D eigenvalue weighted by Gasteiger charge is -2.69. The molecule has 27 heteroatoms. The van der Waals surface area contributed by atoms with Crippen LogP contribution in [0.4, 0.5) is 21.4 Å². The number of para-hydroxylation sites is 1. The molecule has 3 unspecified atom stereocenters. The monoisotopic (exact) mass is 1350 g/mol. The zero-order valence-corrected chi connectivity index (χ0v) is 55.5. The fraction of sp³-hybridized carbons (Fsp3) is 0.486. The van der Waals surface area contributed by atoms with Crippen LogP contribution in [0.1, 0.15) is 128 Å². The molecule has 5 fully saturated rings. The Bertz CT molecular complexity index is 3990. The number of pyridine rings is 1. The number of nitrogens with one attached hydrogen (secondary N) is 3. The highest BCUT2D eigenvalue weighted by Gasteiger charge is 2.66. The number of aromatic nitrogens is 4. The van der Waals surface area contributed by atoms with E-state index in [1.54, 1.807) is 25.4 Å². The third-order valence-electron chi connectivity index (χ3n) is 19.7. The summed E-state index contributed by atoms with van der Waals surface area (Å²) in [7, 11) is 1.62.